The maximum atomic E-state index is 12.5. The Morgan fingerprint density at radius 3 is 2.38 bits per heavy atom. The summed E-state index contributed by atoms with van der Waals surface area (Å²) in [5.41, 5.74) is -0.593. The molecule has 1 aliphatic heterocycles. The molecule has 1 amide bonds. The molecule has 1 saturated heterocycles. The molecule has 0 bridgehead atoms. The third kappa shape index (κ3) is 10.2. The van der Waals surface area contributed by atoms with Crippen LogP contribution in [0.25, 0.3) is 11.2 Å². The Balaban J connectivity index is 1.66. The molecule has 7 N–H and O–H groups in total. The summed E-state index contributed by atoms with van der Waals surface area (Å²) in [6.45, 7) is 3.49. The maximum Gasteiger partial charge on any atom is 0.481 e. The van der Waals surface area contributed by atoms with Crippen LogP contribution in [0.1, 0.15) is 39.1 Å². The third-order valence-electron chi connectivity index (χ3n) is 6.36. The number of rotatable bonds is 16. The number of nitrogens with zero attached hydrogens (tertiary/aromatic N) is 4. The van der Waals surface area contributed by atoms with Crippen LogP contribution in [-0.4, -0.2) is 105 Å². The molecule has 7 atom stereocenters. The Kier molecular flexibility index (Phi) is 11.9. The van der Waals surface area contributed by atoms with E-state index < -0.39 is 78.6 Å². The van der Waals surface area contributed by atoms with Gasteiger partial charge in [-0.15, -0.1) is 0 Å². The van der Waals surface area contributed by atoms with Gasteiger partial charge in [-0.3, -0.25) is 27.7 Å². The number of phosphoric acid groups is 3. The van der Waals surface area contributed by atoms with Crippen LogP contribution >= 0.6 is 23.5 Å². The van der Waals surface area contributed by atoms with Gasteiger partial charge < -0.3 is 39.8 Å². The number of aromatic nitrogens is 4. The number of ketones is 1. The van der Waals surface area contributed by atoms with Crippen LogP contribution in [0.15, 0.2) is 12.7 Å². The molecule has 45 heavy (non-hydrogen) atoms. The predicted molar refractivity (Wildman–Crippen MR) is 148 cm³/mol. The number of hydrogen-bond donors (Lipinski definition) is 7. The Hall–Kier alpha value is -2.06. The molecular formula is C21H34N5O16P3. The van der Waals surface area contributed by atoms with E-state index in [1.807, 2.05) is 0 Å². The lowest BCUT2D eigenvalue weighted by Crippen LogP contribution is -2.46. The number of aliphatic hydroxyl groups is 2. The van der Waals surface area contributed by atoms with Gasteiger partial charge in [-0.25, -0.2) is 28.6 Å². The van der Waals surface area contributed by atoms with Crippen molar-refractivity contribution in [1.29, 1.82) is 0 Å². The van der Waals surface area contributed by atoms with Gasteiger partial charge in [0.05, 0.1) is 25.2 Å². The molecule has 0 aliphatic carbocycles. The van der Waals surface area contributed by atoms with Crippen molar-refractivity contribution in [3.05, 3.63) is 18.3 Å². The van der Waals surface area contributed by atoms with Crippen molar-refractivity contribution < 1.29 is 75.7 Å². The van der Waals surface area contributed by atoms with Gasteiger partial charge in [0.1, 0.15) is 42.0 Å². The first-order valence-corrected chi connectivity index (χ1v) is 17.5. The van der Waals surface area contributed by atoms with Crippen LogP contribution in [-0.2, 0) is 45.9 Å². The second kappa shape index (κ2) is 14.4. The highest BCUT2D eigenvalue weighted by molar-refractivity contribution is 7.61. The number of fused-ring (bicyclic) bond motifs is 1. The fourth-order valence-electron chi connectivity index (χ4n) is 4.01. The van der Waals surface area contributed by atoms with Gasteiger partial charge in [-0.05, 0) is 13.8 Å². The fourth-order valence-corrected chi connectivity index (χ4v) is 6.84. The summed E-state index contributed by atoms with van der Waals surface area (Å²) >= 11 is 0. The summed E-state index contributed by atoms with van der Waals surface area (Å²) < 4.78 is 61.7. The Morgan fingerprint density at radius 1 is 1.11 bits per heavy atom. The lowest BCUT2D eigenvalue weighted by atomic mass is 9.87. The highest BCUT2D eigenvalue weighted by Gasteiger charge is 2.50. The molecule has 254 valence electrons. The minimum Gasteiger partial charge on any atom is -0.386 e. The molecule has 0 saturated carbocycles. The first kappa shape index (κ1) is 37.4. The van der Waals surface area contributed by atoms with Gasteiger partial charge in [-0.2, -0.15) is 4.31 Å². The predicted octanol–water partition coefficient (Wildman–Crippen LogP) is -0.396. The van der Waals surface area contributed by atoms with Crippen molar-refractivity contribution in [2.24, 2.45) is 5.41 Å². The lowest BCUT2D eigenvalue weighted by molar-refractivity contribution is -0.137. The molecular weight excluding hydrogens is 671 g/mol. The number of ether oxygens (including phenoxy) is 1. The van der Waals surface area contributed by atoms with E-state index in [2.05, 4.69) is 29.1 Å². The van der Waals surface area contributed by atoms with E-state index in [0.717, 1.165) is 0 Å². The summed E-state index contributed by atoms with van der Waals surface area (Å²) in [5, 5.41) is 23.4. The quantitative estimate of drug-likeness (QED) is 0.109. The number of aryl methyl sites for hydroxylation is 1. The minimum absolute atomic E-state index is 0.00758. The summed E-state index contributed by atoms with van der Waals surface area (Å²) in [6, 6.07) is 0. The third-order valence-corrected chi connectivity index (χ3v) is 9.46. The van der Waals surface area contributed by atoms with Crippen LogP contribution < -0.4 is 5.32 Å². The van der Waals surface area contributed by atoms with Crippen LogP contribution in [0, 0.1) is 12.3 Å². The molecule has 0 radical (unpaired) electrons. The van der Waals surface area contributed by atoms with Crippen LogP contribution in [0.3, 0.4) is 0 Å². The highest BCUT2D eigenvalue weighted by atomic mass is 31.3. The molecule has 2 aromatic rings. The van der Waals surface area contributed by atoms with Crippen LogP contribution in [0.2, 0.25) is 0 Å². The van der Waals surface area contributed by atoms with E-state index in [1.54, 1.807) is 6.92 Å². The SMILES string of the molecule is CC(=O)CCNC(=O)[C@H](O)C(C)(C)COP(=O)(O)OP(=O)(O)OC[C@H]1O[C@@H](n2cnc3c(C)ncnc32)[C@@H](O)C1OP(=O)(O)O. The molecule has 2 aromatic heterocycles. The van der Waals surface area contributed by atoms with Gasteiger partial charge in [0, 0.05) is 18.4 Å². The summed E-state index contributed by atoms with van der Waals surface area (Å²) in [4.78, 5) is 74.1. The number of phosphoric ester groups is 3. The first-order valence-electron chi connectivity index (χ1n) is 13.0. The molecule has 3 unspecified atom stereocenters. The number of carbonyl (C=O) groups is 2. The average molecular weight is 705 g/mol. The fraction of sp³-hybridized carbons (Fsp3) is 0.667. The Bertz CT molecular complexity index is 1530. The van der Waals surface area contributed by atoms with E-state index in [-0.39, 0.29) is 24.4 Å². The Morgan fingerprint density at radius 2 is 1.76 bits per heavy atom. The lowest BCUT2D eigenvalue weighted by Gasteiger charge is -2.30. The van der Waals surface area contributed by atoms with Crippen molar-refractivity contribution in [2.45, 2.75) is 64.8 Å². The normalized spacial score (nSPS) is 24.2. The number of carbonyl (C=O) groups excluding carboxylic acids is 2. The van der Waals surface area contributed by atoms with Gasteiger partial charge in [0.15, 0.2) is 11.9 Å². The van der Waals surface area contributed by atoms with Gasteiger partial charge in [0.25, 0.3) is 0 Å². The molecule has 21 nitrogen and oxygen atoms in total. The summed E-state index contributed by atoms with van der Waals surface area (Å²) in [7, 11) is -16.2. The Labute approximate surface area is 255 Å². The second-order valence-electron chi connectivity index (χ2n) is 10.6. The summed E-state index contributed by atoms with van der Waals surface area (Å²) in [5.74, 6) is -1.12. The van der Waals surface area contributed by atoms with E-state index in [4.69, 9.17) is 13.8 Å². The van der Waals surface area contributed by atoms with E-state index in [9.17, 15) is 53.1 Å². The zero-order chi connectivity index (χ0) is 34.0. The number of amides is 1. The standard InChI is InChI=1S/C21H34N5O16P3/c1-11(27)5-6-22-19(30)17(29)21(3,4)8-39-45(36,37)42-44(34,35)38-7-13-16(41-43(31,32)33)15(28)20(40-13)26-10-25-14-12(2)23-9-24-18(14)26/h9-10,13,15-17,20,28-29H,5-8H2,1-4H3,(H,22,30)(H,34,35)(H,36,37)(H2,31,32,33)/t13-,15+,16?,17+,20-/m1/s1. The topological polar surface area (TPSA) is 309 Å². The molecule has 24 heteroatoms. The van der Waals surface area contributed by atoms with Crippen molar-refractivity contribution in [3.63, 3.8) is 0 Å². The highest BCUT2D eigenvalue weighted by Crippen LogP contribution is 2.61. The number of imidazole rings is 1. The smallest absolute Gasteiger partial charge is 0.386 e. The van der Waals surface area contributed by atoms with Crippen LogP contribution in [0.5, 0.6) is 0 Å². The van der Waals surface area contributed by atoms with E-state index in [1.165, 1.54) is 38.0 Å². The molecule has 3 heterocycles. The van der Waals surface area contributed by atoms with Gasteiger partial charge >= 0.3 is 23.5 Å². The molecule has 0 aromatic carbocycles. The summed E-state index contributed by atoms with van der Waals surface area (Å²) in [6.07, 6.45) is -6.20. The minimum atomic E-state index is -5.50. The number of aliphatic hydroxyl groups excluding tert-OH is 2. The number of hydrogen-bond acceptors (Lipinski definition) is 15. The van der Waals surface area contributed by atoms with Crippen molar-refractivity contribution in [2.75, 3.05) is 19.8 Å². The average Bonchev–Trinajstić information content (AvgIpc) is 3.46. The molecule has 3 rings (SSSR count). The van der Waals surface area contributed by atoms with Crippen LogP contribution in [0.4, 0.5) is 0 Å². The zero-order valence-electron chi connectivity index (χ0n) is 24.3. The second-order valence-corrected chi connectivity index (χ2v) is 14.9. The van der Waals surface area contributed by atoms with E-state index >= 15 is 0 Å². The van der Waals surface area contributed by atoms with Crippen molar-refractivity contribution in [1.82, 2.24) is 24.8 Å². The van der Waals surface area contributed by atoms with Crippen molar-refractivity contribution in [3.8, 4) is 0 Å². The number of nitrogens with one attached hydrogen (secondary N) is 1. The zero-order valence-corrected chi connectivity index (χ0v) is 26.9. The largest absolute Gasteiger partial charge is 0.481 e. The number of Topliss-reactive ketones (excluding diaryl/α,β-unsaturated/α-hetero) is 1. The van der Waals surface area contributed by atoms with Gasteiger partial charge in [0.2, 0.25) is 5.91 Å². The van der Waals surface area contributed by atoms with Gasteiger partial charge in [-0.1, -0.05) is 13.8 Å². The van der Waals surface area contributed by atoms with E-state index in [0.29, 0.717) is 11.2 Å². The molecule has 1 fully saturated rings. The van der Waals surface area contributed by atoms with Crippen molar-refractivity contribution >= 4 is 46.3 Å². The monoisotopic (exact) mass is 705 g/mol. The first-order chi connectivity index (χ1) is 20.6. The molecule has 0 spiro atoms. The maximum absolute atomic E-state index is 12.5. The molecule has 1 aliphatic rings.